The Balaban J connectivity index is 1.51. The van der Waals surface area contributed by atoms with Crippen LogP contribution < -0.4 is 0 Å². The van der Waals surface area contributed by atoms with Gasteiger partial charge in [0.1, 0.15) is 11.6 Å². The Morgan fingerprint density at radius 1 is 0.962 bits per heavy atom. The van der Waals surface area contributed by atoms with Gasteiger partial charge in [-0.25, -0.2) is 8.78 Å². The number of hydrogen-bond donors (Lipinski definition) is 0. The van der Waals surface area contributed by atoms with Crippen LogP contribution >= 0.6 is 0 Å². The van der Waals surface area contributed by atoms with Crippen molar-refractivity contribution in [2.24, 2.45) is 0 Å². The van der Waals surface area contributed by atoms with Gasteiger partial charge in [-0.15, -0.1) is 0 Å². The third-order valence-corrected chi connectivity index (χ3v) is 5.69. The van der Waals surface area contributed by atoms with Gasteiger partial charge in [0.25, 0.3) is 0 Å². The summed E-state index contributed by atoms with van der Waals surface area (Å²) in [7, 11) is 0. The number of amides is 1. The highest BCUT2D eigenvalue weighted by molar-refractivity contribution is 5.78. The van der Waals surface area contributed by atoms with E-state index in [4.69, 9.17) is 0 Å². The summed E-state index contributed by atoms with van der Waals surface area (Å²) in [6.45, 7) is 6.98. The molecule has 1 atom stereocenters. The van der Waals surface area contributed by atoms with Crippen molar-refractivity contribution < 1.29 is 13.6 Å². The van der Waals surface area contributed by atoms with Gasteiger partial charge in [0.15, 0.2) is 0 Å². The van der Waals surface area contributed by atoms with Crippen LogP contribution in [0.4, 0.5) is 8.78 Å². The van der Waals surface area contributed by atoms with Gasteiger partial charge in [-0.05, 0) is 31.9 Å². The SMILES string of the molecule is CC(c1c(F)cccc1F)N1CCN(CC(=O)N2CCCCCC2)CC1. The van der Waals surface area contributed by atoms with E-state index in [0.717, 1.165) is 39.0 Å². The van der Waals surface area contributed by atoms with E-state index in [2.05, 4.69) is 9.80 Å². The van der Waals surface area contributed by atoms with Gasteiger partial charge >= 0.3 is 0 Å². The van der Waals surface area contributed by atoms with Crippen molar-refractivity contribution in [3.63, 3.8) is 0 Å². The zero-order valence-corrected chi connectivity index (χ0v) is 15.6. The van der Waals surface area contributed by atoms with E-state index < -0.39 is 11.6 Å². The van der Waals surface area contributed by atoms with E-state index in [1.165, 1.54) is 31.0 Å². The first kappa shape index (κ1) is 19.2. The van der Waals surface area contributed by atoms with Crippen LogP contribution in [0.3, 0.4) is 0 Å². The Labute approximate surface area is 154 Å². The Morgan fingerprint density at radius 2 is 1.54 bits per heavy atom. The number of carbonyl (C=O) groups excluding carboxylic acids is 1. The zero-order valence-electron chi connectivity index (χ0n) is 15.6. The third kappa shape index (κ3) is 4.60. The van der Waals surface area contributed by atoms with Gasteiger partial charge < -0.3 is 4.90 Å². The van der Waals surface area contributed by atoms with Gasteiger partial charge in [-0.1, -0.05) is 18.9 Å². The number of nitrogens with zero attached hydrogens (tertiary/aromatic N) is 3. The number of hydrogen-bond acceptors (Lipinski definition) is 3. The molecule has 2 aliphatic rings. The van der Waals surface area contributed by atoms with E-state index in [1.807, 2.05) is 11.8 Å². The zero-order chi connectivity index (χ0) is 18.5. The van der Waals surface area contributed by atoms with E-state index in [1.54, 1.807) is 0 Å². The molecule has 0 aromatic heterocycles. The molecule has 0 saturated carbocycles. The average Bonchev–Trinajstić information content (AvgIpc) is 2.91. The lowest BCUT2D eigenvalue weighted by atomic mass is 10.0. The molecule has 0 bridgehead atoms. The summed E-state index contributed by atoms with van der Waals surface area (Å²) in [6, 6.07) is 3.71. The Kier molecular flexibility index (Phi) is 6.59. The molecule has 0 spiro atoms. The van der Waals surface area contributed by atoms with Crippen molar-refractivity contribution >= 4 is 5.91 Å². The predicted molar refractivity (Wildman–Crippen MR) is 97.8 cm³/mol. The van der Waals surface area contributed by atoms with Crippen LogP contribution in [0.5, 0.6) is 0 Å². The molecule has 0 N–H and O–H groups in total. The van der Waals surface area contributed by atoms with Crippen LogP contribution in [0.2, 0.25) is 0 Å². The van der Waals surface area contributed by atoms with E-state index >= 15 is 0 Å². The fraction of sp³-hybridized carbons (Fsp3) is 0.650. The topological polar surface area (TPSA) is 26.8 Å². The second-order valence-electron chi connectivity index (χ2n) is 7.42. The first-order chi connectivity index (χ1) is 12.6. The molecule has 2 heterocycles. The van der Waals surface area contributed by atoms with Crippen molar-refractivity contribution in [1.29, 1.82) is 0 Å². The Morgan fingerprint density at radius 3 is 2.12 bits per heavy atom. The second-order valence-corrected chi connectivity index (χ2v) is 7.42. The minimum Gasteiger partial charge on any atom is -0.342 e. The lowest BCUT2D eigenvalue weighted by Crippen LogP contribution is -2.50. The first-order valence-electron chi connectivity index (χ1n) is 9.74. The summed E-state index contributed by atoms with van der Waals surface area (Å²) >= 11 is 0. The number of benzene rings is 1. The summed E-state index contributed by atoms with van der Waals surface area (Å²) in [6.07, 6.45) is 4.64. The van der Waals surface area contributed by atoms with Crippen LogP contribution in [0.15, 0.2) is 18.2 Å². The highest BCUT2D eigenvalue weighted by atomic mass is 19.1. The van der Waals surface area contributed by atoms with E-state index in [-0.39, 0.29) is 17.5 Å². The molecule has 26 heavy (non-hydrogen) atoms. The average molecular weight is 365 g/mol. The number of rotatable bonds is 4. The van der Waals surface area contributed by atoms with Crippen LogP contribution in [-0.4, -0.2) is 66.4 Å². The van der Waals surface area contributed by atoms with Crippen molar-refractivity contribution in [3.8, 4) is 0 Å². The lowest BCUT2D eigenvalue weighted by Gasteiger charge is -2.38. The molecule has 144 valence electrons. The van der Waals surface area contributed by atoms with Crippen LogP contribution in [-0.2, 0) is 4.79 Å². The molecule has 2 fully saturated rings. The van der Waals surface area contributed by atoms with Crippen molar-refractivity contribution in [2.45, 2.75) is 38.6 Å². The molecule has 3 rings (SSSR count). The molecule has 1 aromatic rings. The minimum absolute atomic E-state index is 0.140. The molecule has 4 nitrogen and oxygen atoms in total. The number of carbonyl (C=O) groups is 1. The standard InChI is InChI=1S/C20H29F2N3O/c1-16(20-17(21)7-6-8-18(20)22)24-13-11-23(12-14-24)15-19(26)25-9-4-2-3-5-10-25/h6-8,16H,2-5,9-15H2,1H3. The third-order valence-electron chi connectivity index (χ3n) is 5.69. The Hall–Kier alpha value is -1.53. The molecule has 0 radical (unpaired) electrons. The Bertz CT molecular complexity index is 589. The highest BCUT2D eigenvalue weighted by Gasteiger charge is 2.27. The van der Waals surface area contributed by atoms with Gasteiger partial charge in [-0.3, -0.25) is 14.6 Å². The fourth-order valence-corrected chi connectivity index (χ4v) is 4.01. The maximum Gasteiger partial charge on any atom is 0.236 e. The molecule has 1 aromatic carbocycles. The van der Waals surface area contributed by atoms with Crippen LogP contribution in [0.25, 0.3) is 0 Å². The highest BCUT2D eigenvalue weighted by Crippen LogP contribution is 2.26. The molecule has 6 heteroatoms. The van der Waals surface area contributed by atoms with Crippen molar-refractivity contribution in [3.05, 3.63) is 35.4 Å². The largest absolute Gasteiger partial charge is 0.342 e. The van der Waals surface area contributed by atoms with E-state index in [9.17, 15) is 13.6 Å². The monoisotopic (exact) mass is 365 g/mol. The number of halogens is 2. The molecule has 1 unspecified atom stereocenters. The summed E-state index contributed by atoms with van der Waals surface area (Å²) < 4.78 is 28.0. The summed E-state index contributed by atoms with van der Waals surface area (Å²) in [5, 5.41) is 0. The maximum atomic E-state index is 14.0. The normalized spacial score (nSPS) is 21.4. The lowest BCUT2D eigenvalue weighted by molar-refractivity contribution is -0.132. The molecular formula is C20H29F2N3O. The quantitative estimate of drug-likeness (QED) is 0.821. The molecule has 1 amide bonds. The molecule has 2 saturated heterocycles. The number of likely N-dealkylation sites (tertiary alicyclic amines) is 1. The van der Waals surface area contributed by atoms with Gasteiger partial charge in [0.2, 0.25) is 5.91 Å². The second kappa shape index (κ2) is 8.91. The van der Waals surface area contributed by atoms with Gasteiger partial charge in [0, 0.05) is 50.9 Å². The smallest absolute Gasteiger partial charge is 0.236 e. The van der Waals surface area contributed by atoms with E-state index in [0.29, 0.717) is 19.6 Å². The number of piperazine rings is 1. The van der Waals surface area contributed by atoms with Crippen molar-refractivity contribution in [2.75, 3.05) is 45.8 Å². The predicted octanol–water partition coefficient (Wildman–Crippen LogP) is 3.05. The first-order valence-corrected chi connectivity index (χ1v) is 9.74. The summed E-state index contributed by atoms with van der Waals surface area (Å²) in [4.78, 5) is 18.8. The maximum absolute atomic E-state index is 14.0. The minimum atomic E-state index is -0.490. The van der Waals surface area contributed by atoms with Crippen LogP contribution in [0, 0.1) is 11.6 Å². The van der Waals surface area contributed by atoms with Gasteiger partial charge in [0.05, 0.1) is 6.54 Å². The van der Waals surface area contributed by atoms with Gasteiger partial charge in [-0.2, -0.15) is 0 Å². The van der Waals surface area contributed by atoms with Crippen molar-refractivity contribution in [1.82, 2.24) is 14.7 Å². The molecule has 0 aliphatic carbocycles. The van der Waals surface area contributed by atoms with Crippen LogP contribution in [0.1, 0.15) is 44.2 Å². The molecule has 2 aliphatic heterocycles. The summed E-state index contributed by atoms with van der Waals surface area (Å²) in [5.41, 5.74) is 0.140. The molecular weight excluding hydrogens is 336 g/mol. The summed E-state index contributed by atoms with van der Waals surface area (Å²) in [5.74, 6) is -0.763. The fourth-order valence-electron chi connectivity index (χ4n) is 4.01.